The molecule has 1 atom stereocenters. The number of esters is 1. The maximum Gasteiger partial charge on any atom is 0.322 e. The highest BCUT2D eigenvalue weighted by molar-refractivity contribution is 8.01. The van der Waals surface area contributed by atoms with Crippen LogP contribution in [-0.4, -0.2) is 24.4 Å². The molecule has 0 heterocycles. The molecule has 3 nitrogen and oxygen atoms in total. The quantitative estimate of drug-likeness (QED) is 0.351. The van der Waals surface area contributed by atoms with Gasteiger partial charge < -0.3 is 9.47 Å². The first-order valence-electron chi connectivity index (χ1n) is 8.17. The third-order valence-corrected chi connectivity index (χ3v) is 5.45. The second kappa shape index (κ2) is 9.66. The molecular weight excluding hydrogens is 308 g/mol. The molecule has 0 saturated heterocycles. The SMILES string of the molecule is CCOC(=O)C(CC)(CC=C(C)CC)Sc1ccc(OC)cc1. The van der Waals surface area contributed by atoms with E-state index in [1.165, 1.54) is 5.57 Å². The van der Waals surface area contributed by atoms with E-state index in [4.69, 9.17) is 9.47 Å². The van der Waals surface area contributed by atoms with E-state index < -0.39 is 4.75 Å². The fraction of sp³-hybridized carbons (Fsp3) is 0.526. The molecule has 0 spiro atoms. The van der Waals surface area contributed by atoms with Crippen molar-refractivity contribution < 1.29 is 14.3 Å². The fourth-order valence-corrected chi connectivity index (χ4v) is 3.32. The zero-order chi connectivity index (χ0) is 17.3. The van der Waals surface area contributed by atoms with Gasteiger partial charge in [-0.1, -0.05) is 25.5 Å². The monoisotopic (exact) mass is 336 g/mol. The van der Waals surface area contributed by atoms with E-state index in [2.05, 4.69) is 19.9 Å². The average Bonchev–Trinajstić information content (AvgIpc) is 2.59. The van der Waals surface area contributed by atoms with Gasteiger partial charge in [0, 0.05) is 4.90 Å². The van der Waals surface area contributed by atoms with Gasteiger partial charge in [0.25, 0.3) is 0 Å². The highest BCUT2D eigenvalue weighted by Gasteiger charge is 2.38. The van der Waals surface area contributed by atoms with E-state index in [0.717, 1.165) is 23.5 Å². The fourth-order valence-electron chi connectivity index (χ4n) is 2.14. The van der Waals surface area contributed by atoms with Crippen molar-refractivity contribution in [3.8, 4) is 5.75 Å². The number of carbonyl (C=O) groups excluding carboxylic acids is 1. The molecule has 1 unspecified atom stereocenters. The molecule has 0 amide bonds. The Kier molecular flexibility index (Phi) is 8.24. The first kappa shape index (κ1) is 19.6. The Morgan fingerprint density at radius 3 is 2.35 bits per heavy atom. The average molecular weight is 336 g/mol. The van der Waals surface area contributed by atoms with Crippen molar-refractivity contribution in [3.63, 3.8) is 0 Å². The number of ether oxygens (including phenoxy) is 2. The first-order chi connectivity index (χ1) is 11.0. The summed E-state index contributed by atoms with van der Waals surface area (Å²) in [6.45, 7) is 8.52. The van der Waals surface area contributed by atoms with Gasteiger partial charge in [-0.15, -0.1) is 11.8 Å². The number of allylic oxidation sites excluding steroid dienone is 2. The molecule has 0 aliphatic carbocycles. The molecule has 1 rings (SSSR count). The van der Waals surface area contributed by atoms with Gasteiger partial charge in [-0.05, 0) is 57.4 Å². The topological polar surface area (TPSA) is 35.5 Å². The maximum atomic E-state index is 12.6. The maximum absolute atomic E-state index is 12.6. The Morgan fingerprint density at radius 2 is 1.87 bits per heavy atom. The van der Waals surface area contributed by atoms with Crippen LogP contribution in [0.4, 0.5) is 0 Å². The van der Waals surface area contributed by atoms with Crippen LogP contribution in [-0.2, 0) is 9.53 Å². The smallest absolute Gasteiger partial charge is 0.322 e. The summed E-state index contributed by atoms with van der Waals surface area (Å²) in [4.78, 5) is 13.7. The van der Waals surface area contributed by atoms with E-state index in [1.54, 1.807) is 18.9 Å². The predicted molar refractivity (Wildman–Crippen MR) is 97.2 cm³/mol. The zero-order valence-corrected chi connectivity index (χ0v) is 15.7. The van der Waals surface area contributed by atoms with Crippen LogP contribution in [0.1, 0.15) is 47.0 Å². The molecule has 0 bridgehead atoms. The Bertz CT molecular complexity index is 522. The van der Waals surface area contributed by atoms with Crippen LogP contribution in [0.15, 0.2) is 40.8 Å². The molecule has 1 aromatic rings. The molecule has 1 aromatic carbocycles. The van der Waals surface area contributed by atoms with E-state index in [0.29, 0.717) is 13.0 Å². The van der Waals surface area contributed by atoms with Gasteiger partial charge in [-0.2, -0.15) is 0 Å². The van der Waals surface area contributed by atoms with Crippen LogP contribution < -0.4 is 4.74 Å². The van der Waals surface area contributed by atoms with E-state index in [-0.39, 0.29) is 5.97 Å². The third-order valence-electron chi connectivity index (χ3n) is 3.93. The van der Waals surface area contributed by atoms with Crippen LogP contribution >= 0.6 is 11.8 Å². The predicted octanol–water partition coefficient (Wildman–Crippen LogP) is 5.25. The number of carbonyl (C=O) groups is 1. The van der Waals surface area contributed by atoms with E-state index in [9.17, 15) is 4.79 Å². The lowest BCUT2D eigenvalue weighted by Crippen LogP contribution is -2.36. The largest absolute Gasteiger partial charge is 0.497 e. The summed E-state index contributed by atoms with van der Waals surface area (Å²) >= 11 is 1.58. The number of benzene rings is 1. The number of rotatable bonds is 9. The summed E-state index contributed by atoms with van der Waals surface area (Å²) in [6, 6.07) is 7.81. The van der Waals surface area contributed by atoms with Gasteiger partial charge in [-0.25, -0.2) is 0 Å². The number of hydrogen-bond acceptors (Lipinski definition) is 4. The minimum Gasteiger partial charge on any atom is -0.497 e. The van der Waals surface area contributed by atoms with Gasteiger partial charge in [-0.3, -0.25) is 4.79 Å². The molecule has 0 N–H and O–H groups in total. The summed E-state index contributed by atoms with van der Waals surface area (Å²) in [5.41, 5.74) is 1.29. The van der Waals surface area contributed by atoms with Gasteiger partial charge in [0.1, 0.15) is 10.5 Å². The molecule has 23 heavy (non-hydrogen) atoms. The van der Waals surface area contributed by atoms with Gasteiger partial charge >= 0.3 is 5.97 Å². The molecule has 0 radical (unpaired) electrons. The van der Waals surface area contributed by atoms with Crippen LogP contribution in [0.2, 0.25) is 0 Å². The van der Waals surface area contributed by atoms with E-state index in [1.807, 2.05) is 38.1 Å². The van der Waals surface area contributed by atoms with Crippen LogP contribution in [0.5, 0.6) is 5.75 Å². The molecular formula is C19H28O3S. The second-order valence-corrected chi connectivity index (χ2v) is 6.91. The summed E-state index contributed by atoms with van der Waals surface area (Å²) in [5.74, 6) is 0.678. The second-order valence-electron chi connectivity index (χ2n) is 5.45. The molecule has 4 heteroatoms. The highest BCUT2D eigenvalue weighted by Crippen LogP contribution is 2.40. The molecule has 0 saturated carbocycles. The first-order valence-corrected chi connectivity index (χ1v) is 8.98. The summed E-state index contributed by atoms with van der Waals surface area (Å²) < 4.78 is 9.98. The molecule has 128 valence electrons. The van der Waals surface area contributed by atoms with Crippen molar-refractivity contribution in [1.82, 2.24) is 0 Å². The number of thioether (sulfide) groups is 1. The Morgan fingerprint density at radius 1 is 1.22 bits per heavy atom. The molecule has 0 aliphatic heterocycles. The zero-order valence-electron chi connectivity index (χ0n) is 14.8. The van der Waals surface area contributed by atoms with Crippen molar-refractivity contribution >= 4 is 17.7 Å². The molecule has 0 aromatic heterocycles. The van der Waals surface area contributed by atoms with Crippen LogP contribution in [0, 0.1) is 0 Å². The standard InChI is InChI=1S/C19H28O3S/c1-6-15(4)13-14-19(7-2,18(20)22-8-3)23-17-11-9-16(21-5)10-12-17/h9-13H,6-8,14H2,1-5H3. The van der Waals surface area contributed by atoms with Crippen molar-refractivity contribution in [3.05, 3.63) is 35.9 Å². The van der Waals surface area contributed by atoms with Gasteiger partial charge in [0.2, 0.25) is 0 Å². The molecule has 0 fully saturated rings. The lowest BCUT2D eigenvalue weighted by atomic mass is 9.99. The van der Waals surface area contributed by atoms with Crippen molar-refractivity contribution in [2.24, 2.45) is 0 Å². The summed E-state index contributed by atoms with van der Waals surface area (Å²) in [7, 11) is 1.65. The minimum absolute atomic E-state index is 0.136. The minimum atomic E-state index is -0.582. The van der Waals surface area contributed by atoms with Gasteiger partial charge in [0.05, 0.1) is 13.7 Å². The highest BCUT2D eigenvalue weighted by atomic mass is 32.2. The third kappa shape index (κ3) is 5.61. The van der Waals surface area contributed by atoms with Gasteiger partial charge in [0.15, 0.2) is 0 Å². The Hall–Kier alpha value is -1.42. The van der Waals surface area contributed by atoms with E-state index >= 15 is 0 Å². The Balaban J connectivity index is 3.06. The van der Waals surface area contributed by atoms with Crippen molar-refractivity contribution in [2.75, 3.05) is 13.7 Å². The van der Waals surface area contributed by atoms with Crippen molar-refractivity contribution in [2.45, 2.75) is 56.6 Å². The summed E-state index contributed by atoms with van der Waals surface area (Å²) in [5, 5.41) is 0. The number of methoxy groups -OCH3 is 1. The normalized spacial score (nSPS) is 14.2. The van der Waals surface area contributed by atoms with Crippen LogP contribution in [0.25, 0.3) is 0 Å². The lowest BCUT2D eigenvalue weighted by Gasteiger charge is -2.29. The number of hydrogen-bond donors (Lipinski definition) is 0. The molecule has 0 aliphatic rings. The van der Waals surface area contributed by atoms with Crippen molar-refractivity contribution in [1.29, 1.82) is 0 Å². The lowest BCUT2D eigenvalue weighted by molar-refractivity contribution is -0.146. The Labute approximate surface area is 144 Å². The summed E-state index contributed by atoms with van der Waals surface area (Å²) in [6.07, 6.45) is 4.56. The van der Waals surface area contributed by atoms with Crippen LogP contribution in [0.3, 0.4) is 0 Å².